The number of nitrogen functional groups attached to an aromatic ring is 1. The minimum Gasteiger partial charge on any atom is -0.397 e. The maximum atomic E-state index is 9.85. The molecule has 0 aliphatic rings. The van der Waals surface area contributed by atoms with Gasteiger partial charge in [-0.3, -0.25) is 0 Å². The van der Waals surface area contributed by atoms with Gasteiger partial charge in [-0.1, -0.05) is 60.1 Å². The summed E-state index contributed by atoms with van der Waals surface area (Å²) in [6, 6.07) is 21.5. The van der Waals surface area contributed by atoms with Crippen LogP contribution >= 0.6 is 23.2 Å². The molecule has 0 atom stereocenters. The SMILES string of the molecule is C=C(Nc1cc(C)ccc1N)/C(C#N)=C/c1cn(Cc2ccc(Cl)cc2Cl)c2ccccc12. The summed E-state index contributed by atoms with van der Waals surface area (Å²) in [5.74, 6) is 0. The van der Waals surface area contributed by atoms with Crippen molar-refractivity contribution in [2.24, 2.45) is 0 Å². The molecule has 0 saturated heterocycles. The Labute approximate surface area is 203 Å². The smallest absolute Gasteiger partial charge is 0.101 e. The Morgan fingerprint density at radius 2 is 1.94 bits per heavy atom. The number of hydrogen-bond donors (Lipinski definition) is 2. The first-order chi connectivity index (χ1) is 15.9. The van der Waals surface area contributed by atoms with Crippen molar-refractivity contribution in [3.8, 4) is 6.07 Å². The molecular weight excluding hydrogens is 451 g/mol. The zero-order valence-electron chi connectivity index (χ0n) is 18.1. The first-order valence-electron chi connectivity index (χ1n) is 10.3. The molecule has 0 bridgehead atoms. The molecule has 0 saturated carbocycles. The number of nitriles is 1. The lowest BCUT2D eigenvalue weighted by atomic mass is 10.1. The van der Waals surface area contributed by atoms with Crippen LogP contribution in [0, 0.1) is 18.3 Å². The molecule has 0 spiro atoms. The molecule has 33 heavy (non-hydrogen) atoms. The molecule has 4 rings (SSSR count). The molecular formula is C27H22Cl2N4. The second-order valence-corrected chi connectivity index (χ2v) is 8.67. The molecule has 0 unspecified atom stereocenters. The molecule has 3 aromatic carbocycles. The molecule has 4 nitrogen and oxygen atoms in total. The standard InChI is InChI=1S/C27H22Cl2N4/c1-17-7-10-25(31)26(11-17)32-18(2)20(14-30)12-21-16-33(27-6-4-3-5-23(21)27)15-19-8-9-22(28)13-24(19)29/h3-13,16,32H,2,15,31H2,1H3/b20-12+. The number of aryl methyl sites for hydroxylation is 1. The molecule has 6 heteroatoms. The number of nitrogens with zero attached hydrogens (tertiary/aromatic N) is 2. The van der Waals surface area contributed by atoms with Gasteiger partial charge in [0.05, 0.1) is 16.9 Å². The van der Waals surface area contributed by atoms with Crippen molar-refractivity contribution in [3.05, 3.63) is 111 Å². The van der Waals surface area contributed by atoms with Crippen molar-refractivity contribution < 1.29 is 0 Å². The summed E-state index contributed by atoms with van der Waals surface area (Å²) in [6.07, 6.45) is 3.85. The van der Waals surface area contributed by atoms with Crippen LogP contribution < -0.4 is 11.1 Å². The van der Waals surface area contributed by atoms with E-state index in [0.29, 0.717) is 33.5 Å². The number of nitrogens with one attached hydrogen (secondary N) is 1. The number of nitrogens with two attached hydrogens (primary N) is 1. The minimum atomic E-state index is 0.420. The van der Waals surface area contributed by atoms with E-state index in [0.717, 1.165) is 33.3 Å². The van der Waals surface area contributed by atoms with Gasteiger partial charge >= 0.3 is 0 Å². The van der Waals surface area contributed by atoms with E-state index in [9.17, 15) is 5.26 Å². The van der Waals surface area contributed by atoms with Crippen LogP contribution in [0.2, 0.25) is 10.0 Å². The van der Waals surface area contributed by atoms with Crippen LogP contribution in [0.4, 0.5) is 11.4 Å². The van der Waals surface area contributed by atoms with E-state index in [1.54, 1.807) is 6.07 Å². The van der Waals surface area contributed by atoms with Crippen molar-refractivity contribution in [1.82, 2.24) is 4.57 Å². The number of anilines is 2. The number of hydrogen-bond acceptors (Lipinski definition) is 3. The van der Waals surface area contributed by atoms with Gasteiger partial charge in [-0.2, -0.15) is 5.26 Å². The number of benzene rings is 3. The number of fused-ring (bicyclic) bond motifs is 1. The van der Waals surface area contributed by atoms with Gasteiger partial charge in [0.15, 0.2) is 0 Å². The molecule has 1 aromatic heterocycles. The van der Waals surface area contributed by atoms with E-state index in [4.69, 9.17) is 28.9 Å². The number of allylic oxidation sites excluding steroid dienone is 1. The first-order valence-corrected chi connectivity index (χ1v) is 11.1. The monoisotopic (exact) mass is 472 g/mol. The zero-order chi connectivity index (χ0) is 23.5. The quantitative estimate of drug-likeness (QED) is 0.174. The molecule has 4 aromatic rings. The van der Waals surface area contributed by atoms with Gasteiger partial charge in [-0.05, 0) is 54.5 Å². The van der Waals surface area contributed by atoms with Crippen LogP contribution in [0.25, 0.3) is 17.0 Å². The average Bonchev–Trinajstić information content (AvgIpc) is 3.13. The summed E-state index contributed by atoms with van der Waals surface area (Å²) in [6.45, 7) is 6.63. The van der Waals surface area contributed by atoms with Gasteiger partial charge in [-0.15, -0.1) is 0 Å². The third kappa shape index (κ3) is 4.90. The number of para-hydroxylation sites is 1. The molecule has 164 valence electrons. The largest absolute Gasteiger partial charge is 0.397 e. The highest BCUT2D eigenvalue weighted by atomic mass is 35.5. The average molecular weight is 473 g/mol. The maximum Gasteiger partial charge on any atom is 0.101 e. The fourth-order valence-electron chi connectivity index (χ4n) is 3.71. The second-order valence-electron chi connectivity index (χ2n) is 7.83. The van der Waals surface area contributed by atoms with Gasteiger partial charge in [0.1, 0.15) is 6.07 Å². The summed E-state index contributed by atoms with van der Waals surface area (Å²) in [5.41, 5.74) is 12.3. The molecule has 0 aliphatic carbocycles. The summed E-state index contributed by atoms with van der Waals surface area (Å²) >= 11 is 12.5. The molecule has 0 amide bonds. The van der Waals surface area contributed by atoms with Crippen LogP contribution in [0.15, 0.2) is 84.7 Å². The predicted molar refractivity (Wildman–Crippen MR) is 139 cm³/mol. The fourth-order valence-corrected chi connectivity index (χ4v) is 4.17. The number of halogens is 2. The normalized spacial score (nSPS) is 11.4. The summed E-state index contributed by atoms with van der Waals surface area (Å²) in [5, 5.41) is 15.3. The third-order valence-electron chi connectivity index (χ3n) is 5.41. The predicted octanol–water partition coefficient (Wildman–Crippen LogP) is 7.42. The molecule has 1 heterocycles. The van der Waals surface area contributed by atoms with E-state index in [-0.39, 0.29) is 0 Å². The third-order valence-corrected chi connectivity index (χ3v) is 6.00. The molecule has 0 fully saturated rings. The van der Waals surface area contributed by atoms with Crippen molar-refractivity contribution in [1.29, 1.82) is 5.26 Å². The zero-order valence-corrected chi connectivity index (χ0v) is 19.6. The maximum absolute atomic E-state index is 9.85. The number of aromatic nitrogens is 1. The highest BCUT2D eigenvalue weighted by Gasteiger charge is 2.12. The van der Waals surface area contributed by atoms with E-state index in [1.165, 1.54) is 0 Å². The topological polar surface area (TPSA) is 66.8 Å². The van der Waals surface area contributed by atoms with Crippen LogP contribution in [-0.2, 0) is 6.54 Å². The molecule has 0 radical (unpaired) electrons. The Bertz CT molecular complexity index is 1440. The molecule has 3 N–H and O–H groups in total. The van der Waals surface area contributed by atoms with Crippen molar-refractivity contribution in [3.63, 3.8) is 0 Å². The number of rotatable bonds is 6. The highest BCUT2D eigenvalue weighted by molar-refractivity contribution is 6.35. The highest BCUT2D eigenvalue weighted by Crippen LogP contribution is 2.29. The lowest BCUT2D eigenvalue weighted by Crippen LogP contribution is -2.03. The Morgan fingerprint density at radius 3 is 2.70 bits per heavy atom. The van der Waals surface area contributed by atoms with Crippen molar-refractivity contribution in [2.75, 3.05) is 11.1 Å². The van der Waals surface area contributed by atoms with Crippen LogP contribution in [0.5, 0.6) is 0 Å². The Kier molecular flexibility index (Phi) is 6.46. The summed E-state index contributed by atoms with van der Waals surface area (Å²) in [7, 11) is 0. The van der Waals surface area contributed by atoms with Crippen molar-refractivity contribution in [2.45, 2.75) is 13.5 Å². The van der Waals surface area contributed by atoms with Crippen LogP contribution in [-0.4, -0.2) is 4.57 Å². The van der Waals surface area contributed by atoms with Gasteiger partial charge in [0.25, 0.3) is 0 Å². The Hall–Kier alpha value is -3.65. The first kappa shape index (κ1) is 22.5. The second kappa shape index (κ2) is 9.46. The van der Waals surface area contributed by atoms with E-state index in [1.807, 2.05) is 73.8 Å². The van der Waals surface area contributed by atoms with E-state index in [2.05, 4.69) is 22.5 Å². The van der Waals surface area contributed by atoms with Crippen LogP contribution in [0.3, 0.4) is 0 Å². The lowest BCUT2D eigenvalue weighted by molar-refractivity contribution is 0.836. The summed E-state index contributed by atoms with van der Waals surface area (Å²) < 4.78 is 2.11. The minimum absolute atomic E-state index is 0.420. The van der Waals surface area contributed by atoms with Crippen molar-refractivity contribution >= 4 is 51.6 Å². The Balaban J connectivity index is 1.70. The van der Waals surface area contributed by atoms with E-state index < -0.39 is 0 Å². The van der Waals surface area contributed by atoms with Gasteiger partial charge in [-0.25, -0.2) is 0 Å². The Morgan fingerprint density at radius 1 is 1.15 bits per heavy atom. The lowest BCUT2D eigenvalue weighted by Gasteiger charge is -2.12. The van der Waals surface area contributed by atoms with E-state index >= 15 is 0 Å². The fraction of sp³-hybridized carbons (Fsp3) is 0.0741. The van der Waals surface area contributed by atoms with Gasteiger partial charge < -0.3 is 15.6 Å². The van der Waals surface area contributed by atoms with Gasteiger partial charge in [0, 0.05) is 45.0 Å². The summed E-state index contributed by atoms with van der Waals surface area (Å²) in [4.78, 5) is 0. The van der Waals surface area contributed by atoms with Crippen LogP contribution in [0.1, 0.15) is 16.7 Å². The van der Waals surface area contributed by atoms with Gasteiger partial charge in [0.2, 0.25) is 0 Å². The molecule has 0 aliphatic heterocycles.